The predicted octanol–water partition coefficient (Wildman–Crippen LogP) is 3.82. The highest BCUT2D eigenvalue weighted by atomic mass is 32.1. The molecule has 2 aromatic rings. The van der Waals surface area contributed by atoms with Crippen molar-refractivity contribution in [1.82, 2.24) is 9.88 Å². The van der Waals surface area contributed by atoms with Crippen molar-refractivity contribution in [2.24, 2.45) is 0 Å². The fraction of sp³-hybridized carbons (Fsp3) is 0.286. The summed E-state index contributed by atoms with van der Waals surface area (Å²) in [5, 5.41) is 5.10. The minimum absolute atomic E-state index is 0.310. The fourth-order valence-corrected chi connectivity index (χ4v) is 2.47. The number of nitrogens with zero attached hydrogens (tertiary/aromatic N) is 2. The average molecular weight is 293 g/mol. The van der Waals surface area contributed by atoms with Gasteiger partial charge in [-0.15, -0.1) is 11.3 Å². The lowest BCUT2D eigenvalue weighted by atomic mass is 10.1. The van der Waals surface area contributed by atoms with Crippen LogP contribution in [0, 0.1) is 12.7 Å². The monoisotopic (exact) mass is 293 g/mol. The zero-order valence-corrected chi connectivity index (χ0v) is 12.4. The summed E-state index contributed by atoms with van der Waals surface area (Å²) in [5.74, 6) is -0.315. The quantitative estimate of drug-likeness (QED) is 0.935. The van der Waals surface area contributed by atoms with Crippen molar-refractivity contribution in [2.45, 2.75) is 19.9 Å². The maximum atomic E-state index is 13.7. The molecule has 1 N–H and O–H groups in total. The van der Waals surface area contributed by atoms with Crippen molar-refractivity contribution in [2.75, 3.05) is 12.4 Å². The number of thiazole rings is 1. The molecule has 1 aromatic carbocycles. The number of nitrogens with one attached hydrogen (secondary N) is 1. The van der Waals surface area contributed by atoms with Crippen LogP contribution in [-0.4, -0.2) is 23.0 Å². The lowest BCUT2D eigenvalue weighted by molar-refractivity contribution is 0.207. The maximum absolute atomic E-state index is 13.7. The molecule has 0 fully saturated rings. The van der Waals surface area contributed by atoms with E-state index in [1.807, 2.05) is 12.3 Å². The second-order valence-corrected chi connectivity index (χ2v) is 5.39. The second kappa shape index (κ2) is 6.00. The van der Waals surface area contributed by atoms with Gasteiger partial charge in [0.1, 0.15) is 5.82 Å². The molecule has 1 heterocycles. The molecular formula is C14H16FN3OS. The summed E-state index contributed by atoms with van der Waals surface area (Å²) >= 11 is 1.36. The predicted molar refractivity (Wildman–Crippen MR) is 78.4 cm³/mol. The van der Waals surface area contributed by atoms with E-state index in [1.54, 1.807) is 32.2 Å². The molecular weight excluding hydrogens is 277 g/mol. The smallest absolute Gasteiger partial charge is 0.321 e. The number of rotatable bonds is 3. The summed E-state index contributed by atoms with van der Waals surface area (Å²) in [4.78, 5) is 17.7. The van der Waals surface area contributed by atoms with Crippen LogP contribution >= 0.6 is 11.3 Å². The lowest BCUT2D eigenvalue weighted by Crippen LogP contribution is -2.33. The van der Waals surface area contributed by atoms with Crippen molar-refractivity contribution in [3.8, 4) is 0 Å². The largest absolute Gasteiger partial charge is 0.323 e. The van der Waals surface area contributed by atoms with Crippen molar-refractivity contribution in [1.29, 1.82) is 0 Å². The molecule has 0 aliphatic carbocycles. The summed E-state index contributed by atoms with van der Waals surface area (Å²) in [7, 11) is 1.63. The molecule has 4 nitrogen and oxygen atoms in total. The van der Waals surface area contributed by atoms with E-state index in [0.29, 0.717) is 10.7 Å². The highest BCUT2D eigenvalue weighted by Crippen LogP contribution is 2.23. The first-order valence-electron chi connectivity index (χ1n) is 6.19. The van der Waals surface area contributed by atoms with Gasteiger partial charge in [0.25, 0.3) is 0 Å². The molecule has 0 bridgehead atoms. The van der Waals surface area contributed by atoms with Crippen molar-refractivity contribution in [3.63, 3.8) is 0 Å². The minimum atomic E-state index is -0.364. The molecule has 0 saturated carbocycles. The van der Waals surface area contributed by atoms with E-state index in [-0.39, 0.29) is 17.9 Å². The number of benzene rings is 1. The van der Waals surface area contributed by atoms with Gasteiger partial charge in [-0.25, -0.2) is 14.2 Å². The molecule has 2 amide bonds. The van der Waals surface area contributed by atoms with Gasteiger partial charge in [0.15, 0.2) is 5.13 Å². The van der Waals surface area contributed by atoms with Crippen LogP contribution in [0.5, 0.6) is 0 Å². The molecule has 0 aliphatic heterocycles. The van der Waals surface area contributed by atoms with Crippen LogP contribution in [-0.2, 0) is 0 Å². The first-order valence-corrected chi connectivity index (χ1v) is 7.07. The minimum Gasteiger partial charge on any atom is -0.321 e. The Balaban J connectivity index is 2.08. The van der Waals surface area contributed by atoms with Crippen LogP contribution < -0.4 is 5.32 Å². The van der Waals surface area contributed by atoms with Gasteiger partial charge in [0.2, 0.25) is 0 Å². The van der Waals surface area contributed by atoms with Gasteiger partial charge < -0.3 is 4.90 Å². The SMILES string of the molecule is Cc1csc(NC(=O)N(C)C(C)c2ccccc2F)n1. The molecule has 0 aliphatic rings. The lowest BCUT2D eigenvalue weighted by Gasteiger charge is -2.25. The highest BCUT2D eigenvalue weighted by molar-refractivity contribution is 7.13. The van der Waals surface area contributed by atoms with Gasteiger partial charge in [0, 0.05) is 18.0 Å². The third kappa shape index (κ3) is 3.14. The van der Waals surface area contributed by atoms with E-state index < -0.39 is 0 Å². The van der Waals surface area contributed by atoms with Crippen LogP contribution in [0.25, 0.3) is 0 Å². The first-order chi connectivity index (χ1) is 9.49. The van der Waals surface area contributed by atoms with Crippen LogP contribution in [0.15, 0.2) is 29.6 Å². The molecule has 0 saturated heterocycles. The molecule has 0 spiro atoms. The summed E-state index contributed by atoms with van der Waals surface area (Å²) in [6.07, 6.45) is 0. The number of anilines is 1. The van der Waals surface area contributed by atoms with Crippen LogP contribution in [0.2, 0.25) is 0 Å². The zero-order valence-electron chi connectivity index (χ0n) is 11.6. The molecule has 0 radical (unpaired) electrons. The Morgan fingerprint density at radius 1 is 1.45 bits per heavy atom. The van der Waals surface area contributed by atoms with Gasteiger partial charge in [-0.05, 0) is 19.9 Å². The number of aryl methyl sites for hydroxylation is 1. The number of amides is 2. The average Bonchev–Trinajstić information content (AvgIpc) is 2.83. The summed E-state index contributed by atoms with van der Waals surface area (Å²) in [6, 6.07) is 5.78. The number of hydrogen-bond donors (Lipinski definition) is 1. The van der Waals surface area contributed by atoms with Crippen molar-refractivity contribution < 1.29 is 9.18 Å². The topological polar surface area (TPSA) is 45.2 Å². The maximum Gasteiger partial charge on any atom is 0.323 e. The summed E-state index contributed by atoms with van der Waals surface area (Å²) in [6.45, 7) is 3.64. The van der Waals surface area contributed by atoms with Gasteiger partial charge in [-0.1, -0.05) is 18.2 Å². The van der Waals surface area contributed by atoms with E-state index in [1.165, 1.54) is 22.3 Å². The zero-order chi connectivity index (χ0) is 14.7. The standard InChI is InChI=1S/C14H16FN3OS/c1-9-8-20-13(16-9)17-14(19)18(3)10(2)11-6-4-5-7-12(11)15/h4-8,10H,1-3H3,(H,16,17,19). The third-order valence-corrected chi connectivity index (χ3v) is 3.97. The van der Waals surface area contributed by atoms with Crippen LogP contribution in [0.3, 0.4) is 0 Å². The Kier molecular flexibility index (Phi) is 4.34. The molecule has 6 heteroatoms. The molecule has 1 unspecified atom stereocenters. The number of hydrogen-bond acceptors (Lipinski definition) is 3. The van der Waals surface area contributed by atoms with E-state index in [0.717, 1.165) is 5.69 Å². The van der Waals surface area contributed by atoms with E-state index >= 15 is 0 Å². The van der Waals surface area contributed by atoms with Gasteiger partial charge >= 0.3 is 6.03 Å². The van der Waals surface area contributed by atoms with Crippen molar-refractivity contribution in [3.05, 3.63) is 46.7 Å². The Morgan fingerprint density at radius 2 is 2.15 bits per heavy atom. The van der Waals surface area contributed by atoms with E-state index in [9.17, 15) is 9.18 Å². The van der Waals surface area contributed by atoms with E-state index in [2.05, 4.69) is 10.3 Å². The number of halogens is 1. The van der Waals surface area contributed by atoms with Gasteiger partial charge in [0.05, 0.1) is 11.7 Å². The molecule has 106 valence electrons. The number of urea groups is 1. The molecule has 2 rings (SSSR count). The summed E-state index contributed by atoms with van der Waals surface area (Å²) in [5.41, 5.74) is 1.34. The number of carbonyl (C=O) groups excluding carboxylic acids is 1. The van der Waals surface area contributed by atoms with Crippen LogP contribution in [0.4, 0.5) is 14.3 Å². The molecule has 20 heavy (non-hydrogen) atoms. The van der Waals surface area contributed by atoms with Crippen LogP contribution in [0.1, 0.15) is 24.2 Å². The Bertz CT molecular complexity index is 614. The summed E-state index contributed by atoms with van der Waals surface area (Å²) < 4.78 is 13.7. The van der Waals surface area contributed by atoms with E-state index in [4.69, 9.17) is 0 Å². The Morgan fingerprint density at radius 3 is 2.75 bits per heavy atom. The molecule has 1 atom stereocenters. The number of aromatic nitrogens is 1. The van der Waals surface area contributed by atoms with Gasteiger partial charge in [-0.2, -0.15) is 0 Å². The number of carbonyl (C=O) groups is 1. The normalized spacial score (nSPS) is 12.0. The van der Waals surface area contributed by atoms with Gasteiger partial charge in [-0.3, -0.25) is 5.32 Å². The van der Waals surface area contributed by atoms with Crippen molar-refractivity contribution >= 4 is 22.5 Å². The Labute approximate surface area is 121 Å². The second-order valence-electron chi connectivity index (χ2n) is 4.53. The molecule has 1 aromatic heterocycles. The Hall–Kier alpha value is -1.95. The fourth-order valence-electron chi connectivity index (χ4n) is 1.79. The third-order valence-electron chi connectivity index (χ3n) is 3.09. The highest BCUT2D eigenvalue weighted by Gasteiger charge is 2.20. The first kappa shape index (κ1) is 14.5.